The van der Waals surface area contributed by atoms with Crippen LogP contribution in [0.25, 0.3) is 0 Å². The molecule has 6 nitrogen and oxygen atoms in total. The molecule has 0 aromatic heterocycles. The number of quaternary nitrogens is 1. The molecule has 0 spiro atoms. The van der Waals surface area contributed by atoms with E-state index in [1.807, 2.05) is 25.2 Å². The summed E-state index contributed by atoms with van der Waals surface area (Å²) in [5.74, 6) is 1.49. The van der Waals surface area contributed by atoms with Crippen LogP contribution in [0.3, 0.4) is 0 Å². The van der Waals surface area contributed by atoms with Gasteiger partial charge in [0.25, 0.3) is 11.8 Å². The molecule has 3 rings (SSSR count). The summed E-state index contributed by atoms with van der Waals surface area (Å²) in [6, 6.07) is 7.72. The number of likely N-dealkylation sites (tertiary alicyclic amines) is 1. The molecule has 2 aliphatic rings. The Labute approximate surface area is 161 Å². The van der Waals surface area contributed by atoms with E-state index in [0.717, 1.165) is 24.3 Å². The molecule has 1 aromatic rings. The number of amides is 2. The van der Waals surface area contributed by atoms with Gasteiger partial charge in [-0.15, -0.1) is 0 Å². The van der Waals surface area contributed by atoms with Gasteiger partial charge in [0.2, 0.25) is 0 Å². The van der Waals surface area contributed by atoms with Crippen molar-refractivity contribution < 1.29 is 19.2 Å². The van der Waals surface area contributed by atoms with Crippen LogP contribution in [0.1, 0.15) is 38.5 Å². The van der Waals surface area contributed by atoms with Crippen molar-refractivity contribution in [2.75, 3.05) is 39.1 Å². The van der Waals surface area contributed by atoms with Crippen molar-refractivity contribution >= 4 is 17.5 Å². The molecular weight excluding hydrogens is 342 g/mol. The van der Waals surface area contributed by atoms with E-state index in [1.165, 1.54) is 25.7 Å². The summed E-state index contributed by atoms with van der Waals surface area (Å²) in [5, 5.41) is 2.88. The van der Waals surface area contributed by atoms with Crippen molar-refractivity contribution in [3.63, 3.8) is 0 Å². The first-order valence-corrected chi connectivity index (χ1v) is 10.1. The molecule has 1 saturated carbocycles. The Morgan fingerprint density at radius 2 is 1.96 bits per heavy atom. The van der Waals surface area contributed by atoms with Crippen molar-refractivity contribution in [2.24, 2.45) is 5.92 Å². The number of likely N-dealkylation sites (N-methyl/N-ethyl adjacent to an activating group) is 1. The molecule has 2 N–H and O–H groups in total. The highest BCUT2D eigenvalue weighted by atomic mass is 16.5. The highest BCUT2D eigenvalue weighted by molar-refractivity contribution is 5.91. The Bertz CT molecular complexity index is 662. The molecule has 1 unspecified atom stereocenters. The smallest absolute Gasteiger partial charge is 0.279 e. The van der Waals surface area contributed by atoms with Crippen LogP contribution in [-0.4, -0.2) is 56.5 Å². The second-order valence-corrected chi connectivity index (χ2v) is 7.93. The summed E-state index contributed by atoms with van der Waals surface area (Å²) < 4.78 is 5.17. The lowest BCUT2D eigenvalue weighted by Crippen LogP contribution is -3.11. The lowest BCUT2D eigenvalue weighted by molar-refractivity contribution is -0.862. The fourth-order valence-electron chi connectivity index (χ4n) is 4.54. The third-order valence-corrected chi connectivity index (χ3v) is 5.83. The molecular formula is C21H32N3O3+. The quantitative estimate of drug-likeness (QED) is 0.790. The molecule has 1 aromatic carbocycles. The van der Waals surface area contributed by atoms with Gasteiger partial charge in [0.05, 0.1) is 14.2 Å². The number of anilines is 1. The SMILES string of the molecule is COc1cccc(NC(=O)C[NH+](C)CC(=O)N2CCC[C@@H]3CCCC[C@@H]32)c1. The van der Waals surface area contributed by atoms with Crippen LogP contribution in [-0.2, 0) is 9.59 Å². The molecule has 0 radical (unpaired) electrons. The summed E-state index contributed by atoms with van der Waals surface area (Å²) in [7, 11) is 3.51. The summed E-state index contributed by atoms with van der Waals surface area (Å²) in [4.78, 5) is 28.2. The minimum atomic E-state index is -0.0947. The lowest BCUT2D eigenvalue weighted by atomic mass is 9.78. The lowest BCUT2D eigenvalue weighted by Gasteiger charge is -2.44. The van der Waals surface area contributed by atoms with Gasteiger partial charge in [-0.05, 0) is 43.7 Å². The molecule has 1 aliphatic carbocycles. The number of methoxy groups -OCH3 is 1. The van der Waals surface area contributed by atoms with Crippen LogP contribution in [0, 0.1) is 5.92 Å². The summed E-state index contributed by atoms with van der Waals surface area (Å²) in [6.45, 7) is 1.52. The average molecular weight is 375 g/mol. The second kappa shape index (κ2) is 9.22. The average Bonchev–Trinajstić information content (AvgIpc) is 2.67. The number of benzene rings is 1. The van der Waals surface area contributed by atoms with Gasteiger partial charge in [0.15, 0.2) is 13.1 Å². The van der Waals surface area contributed by atoms with E-state index in [9.17, 15) is 9.59 Å². The fourth-order valence-corrected chi connectivity index (χ4v) is 4.54. The van der Waals surface area contributed by atoms with Crippen LogP contribution >= 0.6 is 0 Å². The Kier molecular flexibility index (Phi) is 6.72. The Hall–Kier alpha value is -2.08. The van der Waals surface area contributed by atoms with Crippen LogP contribution in [0.15, 0.2) is 24.3 Å². The first kappa shape index (κ1) is 19.7. The van der Waals surface area contributed by atoms with Crippen LogP contribution in [0.2, 0.25) is 0 Å². The van der Waals surface area contributed by atoms with Crippen LogP contribution < -0.4 is 15.0 Å². The van der Waals surface area contributed by atoms with E-state index < -0.39 is 0 Å². The number of nitrogens with one attached hydrogen (secondary N) is 2. The van der Waals surface area contributed by atoms with Gasteiger partial charge >= 0.3 is 0 Å². The van der Waals surface area contributed by atoms with Crippen molar-refractivity contribution in [3.05, 3.63) is 24.3 Å². The van der Waals surface area contributed by atoms with Gasteiger partial charge in [-0.2, -0.15) is 0 Å². The molecule has 2 fully saturated rings. The maximum Gasteiger partial charge on any atom is 0.279 e. The van der Waals surface area contributed by atoms with E-state index in [-0.39, 0.29) is 18.4 Å². The van der Waals surface area contributed by atoms with Crippen molar-refractivity contribution in [1.29, 1.82) is 0 Å². The first-order chi connectivity index (χ1) is 13.1. The number of rotatable bonds is 6. The largest absolute Gasteiger partial charge is 0.497 e. The third kappa shape index (κ3) is 5.22. The maximum absolute atomic E-state index is 12.8. The van der Waals surface area contributed by atoms with E-state index in [4.69, 9.17) is 4.74 Å². The number of hydrogen-bond acceptors (Lipinski definition) is 3. The molecule has 1 heterocycles. The van der Waals surface area contributed by atoms with Crippen LogP contribution in [0.5, 0.6) is 5.75 Å². The molecule has 27 heavy (non-hydrogen) atoms. The maximum atomic E-state index is 12.8. The van der Waals surface area contributed by atoms with Gasteiger partial charge in [-0.1, -0.05) is 18.9 Å². The van der Waals surface area contributed by atoms with Gasteiger partial charge in [0.1, 0.15) is 5.75 Å². The van der Waals surface area contributed by atoms with Gasteiger partial charge in [-0.3, -0.25) is 9.59 Å². The van der Waals surface area contributed by atoms with Crippen molar-refractivity contribution in [1.82, 2.24) is 4.90 Å². The summed E-state index contributed by atoms with van der Waals surface area (Å²) in [5.41, 5.74) is 0.708. The molecule has 1 aliphatic heterocycles. The molecule has 6 heteroatoms. The standard InChI is InChI=1S/C21H31N3O3/c1-23(14-20(25)22-17-9-5-10-18(13-17)27-2)15-21(26)24-12-6-8-16-7-3-4-11-19(16)24/h5,9-10,13,16,19H,3-4,6-8,11-12,14-15H2,1-2H3,(H,22,25)/p+1/t16-,19-/m0/s1. The van der Waals surface area contributed by atoms with Gasteiger partial charge < -0.3 is 19.9 Å². The molecule has 148 valence electrons. The summed E-state index contributed by atoms with van der Waals surface area (Å²) in [6.07, 6.45) is 7.32. The second-order valence-electron chi connectivity index (χ2n) is 7.93. The summed E-state index contributed by atoms with van der Waals surface area (Å²) >= 11 is 0. The normalized spacial score (nSPS) is 23.3. The Morgan fingerprint density at radius 3 is 2.78 bits per heavy atom. The molecule has 3 atom stereocenters. The predicted molar refractivity (Wildman–Crippen MR) is 105 cm³/mol. The highest BCUT2D eigenvalue weighted by Gasteiger charge is 2.36. The van der Waals surface area contributed by atoms with Crippen molar-refractivity contribution in [3.8, 4) is 5.75 Å². The van der Waals surface area contributed by atoms with Gasteiger partial charge in [0, 0.05) is 24.3 Å². The zero-order valence-electron chi connectivity index (χ0n) is 16.5. The first-order valence-electron chi connectivity index (χ1n) is 10.1. The zero-order valence-corrected chi connectivity index (χ0v) is 16.5. The van der Waals surface area contributed by atoms with E-state index in [0.29, 0.717) is 29.9 Å². The molecule has 1 saturated heterocycles. The topological polar surface area (TPSA) is 63.1 Å². The van der Waals surface area contributed by atoms with Crippen LogP contribution in [0.4, 0.5) is 5.69 Å². The number of carbonyl (C=O) groups is 2. The Balaban J connectivity index is 1.49. The van der Waals surface area contributed by atoms with E-state index >= 15 is 0 Å². The number of piperidine rings is 1. The van der Waals surface area contributed by atoms with Gasteiger partial charge in [-0.25, -0.2) is 0 Å². The number of nitrogens with zero attached hydrogens (tertiary/aromatic N) is 1. The van der Waals surface area contributed by atoms with E-state index in [2.05, 4.69) is 10.2 Å². The molecule has 2 amide bonds. The monoisotopic (exact) mass is 374 g/mol. The number of fused-ring (bicyclic) bond motifs is 1. The molecule has 0 bridgehead atoms. The minimum Gasteiger partial charge on any atom is -0.497 e. The Morgan fingerprint density at radius 1 is 1.19 bits per heavy atom. The minimum absolute atomic E-state index is 0.0947. The predicted octanol–water partition coefficient (Wildman–Crippen LogP) is 1.33. The fraction of sp³-hybridized carbons (Fsp3) is 0.619. The number of carbonyl (C=O) groups excluding carboxylic acids is 2. The van der Waals surface area contributed by atoms with E-state index in [1.54, 1.807) is 13.2 Å². The number of hydrogen-bond donors (Lipinski definition) is 2. The number of ether oxygens (including phenoxy) is 1. The highest BCUT2D eigenvalue weighted by Crippen LogP contribution is 2.35. The zero-order chi connectivity index (χ0) is 19.2. The van der Waals surface area contributed by atoms with Crippen molar-refractivity contribution in [2.45, 2.75) is 44.6 Å². The third-order valence-electron chi connectivity index (χ3n) is 5.83.